The van der Waals surface area contributed by atoms with Crippen LogP contribution in [-0.4, -0.2) is 25.5 Å². The van der Waals surface area contributed by atoms with Crippen LogP contribution in [0.15, 0.2) is 0 Å². The fourth-order valence-electron chi connectivity index (χ4n) is 2.73. The summed E-state index contributed by atoms with van der Waals surface area (Å²) in [6, 6.07) is 0. The quantitative estimate of drug-likeness (QED) is 0.757. The molecule has 2 N–H and O–H groups in total. The van der Waals surface area contributed by atoms with Gasteiger partial charge in [0.2, 0.25) is 5.91 Å². The lowest BCUT2D eigenvalue weighted by atomic mass is 9.85. The Bertz CT molecular complexity index is 238. The highest BCUT2D eigenvalue weighted by Crippen LogP contribution is 2.22. The highest BCUT2D eigenvalue weighted by Gasteiger charge is 2.22. The SMILES string of the molecule is CCC(CC)CNC(=O)CC(C)C1CCCNC1.Cl. The van der Waals surface area contributed by atoms with Crippen LogP contribution in [-0.2, 0) is 4.79 Å². The largest absolute Gasteiger partial charge is 0.356 e. The van der Waals surface area contributed by atoms with Crippen molar-refractivity contribution in [3.8, 4) is 0 Å². The van der Waals surface area contributed by atoms with Crippen LogP contribution in [0.1, 0.15) is 52.9 Å². The molecule has 19 heavy (non-hydrogen) atoms. The van der Waals surface area contributed by atoms with Gasteiger partial charge < -0.3 is 10.6 Å². The fourth-order valence-corrected chi connectivity index (χ4v) is 2.73. The van der Waals surface area contributed by atoms with Crippen molar-refractivity contribution in [2.75, 3.05) is 19.6 Å². The van der Waals surface area contributed by atoms with Gasteiger partial charge in [-0.15, -0.1) is 12.4 Å². The maximum Gasteiger partial charge on any atom is 0.220 e. The molecule has 1 aliphatic heterocycles. The van der Waals surface area contributed by atoms with E-state index in [1.54, 1.807) is 0 Å². The number of nitrogens with one attached hydrogen (secondary N) is 2. The highest BCUT2D eigenvalue weighted by atomic mass is 35.5. The van der Waals surface area contributed by atoms with Crippen molar-refractivity contribution in [1.82, 2.24) is 10.6 Å². The third-order valence-electron chi connectivity index (χ3n) is 4.39. The van der Waals surface area contributed by atoms with Crippen LogP contribution in [0, 0.1) is 17.8 Å². The lowest BCUT2D eigenvalue weighted by Crippen LogP contribution is -2.36. The summed E-state index contributed by atoms with van der Waals surface area (Å²) in [6.45, 7) is 9.67. The van der Waals surface area contributed by atoms with Crippen LogP contribution in [0.3, 0.4) is 0 Å². The molecule has 114 valence electrons. The van der Waals surface area contributed by atoms with Gasteiger partial charge in [-0.25, -0.2) is 0 Å². The second kappa shape index (κ2) is 10.5. The molecule has 0 spiro atoms. The molecule has 1 fully saturated rings. The van der Waals surface area contributed by atoms with E-state index in [9.17, 15) is 4.79 Å². The van der Waals surface area contributed by atoms with Crippen molar-refractivity contribution >= 4 is 18.3 Å². The Morgan fingerprint density at radius 2 is 2.05 bits per heavy atom. The average molecular weight is 291 g/mol. The smallest absolute Gasteiger partial charge is 0.220 e. The van der Waals surface area contributed by atoms with Crippen molar-refractivity contribution in [2.24, 2.45) is 17.8 Å². The summed E-state index contributed by atoms with van der Waals surface area (Å²) in [5.41, 5.74) is 0. The van der Waals surface area contributed by atoms with Gasteiger partial charge in [-0.1, -0.05) is 33.6 Å². The van der Waals surface area contributed by atoms with Gasteiger partial charge in [0, 0.05) is 13.0 Å². The maximum atomic E-state index is 11.9. The molecule has 4 heteroatoms. The van der Waals surface area contributed by atoms with Crippen LogP contribution in [0.5, 0.6) is 0 Å². The van der Waals surface area contributed by atoms with Gasteiger partial charge in [0.1, 0.15) is 0 Å². The summed E-state index contributed by atoms with van der Waals surface area (Å²) < 4.78 is 0. The van der Waals surface area contributed by atoms with Crippen LogP contribution in [0.2, 0.25) is 0 Å². The van der Waals surface area contributed by atoms with Crippen LogP contribution >= 0.6 is 12.4 Å². The van der Waals surface area contributed by atoms with Gasteiger partial charge in [-0.3, -0.25) is 4.79 Å². The zero-order chi connectivity index (χ0) is 13.4. The van der Waals surface area contributed by atoms with E-state index in [-0.39, 0.29) is 18.3 Å². The molecule has 0 saturated carbocycles. The second-order valence-electron chi connectivity index (χ2n) is 5.77. The van der Waals surface area contributed by atoms with Crippen LogP contribution in [0.4, 0.5) is 0 Å². The Kier molecular flexibility index (Phi) is 10.3. The molecular formula is C15H31ClN2O. The Morgan fingerprint density at radius 1 is 1.37 bits per heavy atom. The Balaban J connectivity index is 0.00000324. The van der Waals surface area contributed by atoms with E-state index in [4.69, 9.17) is 0 Å². The normalized spacial score (nSPS) is 20.7. The zero-order valence-corrected chi connectivity index (χ0v) is 13.5. The number of hydrogen-bond acceptors (Lipinski definition) is 2. The third kappa shape index (κ3) is 7.17. The minimum absolute atomic E-state index is 0. The van der Waals surface area contributed by atoms with Crippen molar-refractivity contribution in [3.05, 3.63) is 0 Å². The van der Waals surface area contributed by atoms with E-state index in [2.05, 4.69) is 31.4 Å². The highest BCUT2D eigenvalue weighted by molar-refractivity contribution is 5.85. The lowest BCUT2D eigenvalue weighted by molar-refractivity contribution is -0.122. The molecule has 0 bridgehead atoms. The molecule has 0 aromatic heterocycles. The van der Waals surface area contributed by atoms with Gasteiger partial charge >= 0.3 is 0 Å². The summed E-state index contributed by atoms with van der Waals surface area (Å²) in [7, 11) is 0. The van der Waals surface area contributed by atoms with Gasteiger partial charge in [0.15, 0.2) is 0 Å². The van der Waals surface area contributed by atoms with Crippen LogP contribution < -0.4 is 10.6 Å². The second-order valence-corrected chi connectivity index (χ2v) is 5.77. The molecule has 3 nitrogen and oxygen atoms in total. The van der Waals surface area contributed by atoms with Crippen molar-refractivity contribution < 1.29 is 4.79 Å². The maximum absolute atomic E-state index is 11.9. The fraction of sp³-hybridized carbons (Fsp3) is 0.933. The lowest BCUT2D eigenvalue weighted by Gasteiger charge is -2.28. The standard InChI is InChI=1S/C15H30N2O.ClH/c1-4-13(5-2)10-17-15(18)9-12(3)14-7-6-8-16-11-14;/h12-14,16H,4-11H2,1-3H3,(H,17,18);1H. The molecule has 2 atom stereocenters. The number of piperidine rings is 1. The Labute approximate surface area is 124 Å². The van der Waals surface area contributed by atoms with Gasteiger partial charge in [-0.2, -0.15) is 0 Å². The molecule has 1 saturated heterocycles. The molecule has 0 aliphatic carbocycles. The molecule has 2 unspecified atom stereocenters. The first-order chi connectivity index (χ1) is 8.67. The topological polar surface area (TPSA) is 41.1 Å². The number of amides is 1. The van der Waals surface area contributed by atoms with Crippen molar-refractivity contribution in [3.63, 3.8) is 0 Å². The first-order valence-electron chi connectivity index (χ1n) is 7.64. The third-order valence-corrected chi connectivity index (χ3v) is 4.39. The van der Waals surface area contributed by atoms with Gasteiger partial charge in [0.05, 0.1) is 0 Å². The zero-order valence-electron chi connectivity index (χ0n) is 12.7. The van der Waals surface area contributed by atoms with Crippen molar-refractivity contribution in [2.45, 2.75) is 52.9 Å². The monoisotopic (exact) mass is 290 g/mol. The summed E-state index contributed by atoms with van der Waals surface area (Å²) in [5.74, 6) is 2.05. The number of carbonyl (C=O) groups excluding carboxylic acids is 1. The van der Waals surface area contributed by atoms with E-state index in [0.29, 0.717) is 24.2 Å². The van der Waals surface area contributed by atoms with Gasteiger partial charge in [-0.05, 0) is 43.7 Å². The van der Waals surface area contributed by atoms with Gasteiger partial charge in [0.25, 0.3) is 0 Å². The number of rotatable bonds is 7. The van der Waals surface area contributed by atoms with E-state index < -0.39 is 0 Å². The molecular weight excluding hydrogens is 260 g/mol. The minimum Gasteiger partial charge on any atom is -0.356 e. The van der Waals surface area contributed by atoms with E-state index in [1.165, 1.54) is 12.8 Å². The first-order valence-corrected chi connectivity index (χ1v) is 7.64. The molecule has 0 aromatic carbocycles. The summed E-state index contributed by atoms with van der Waals surface area (Å²) in [6.07, 6.45) is 5.52. The summed E-state index contributed by atoms with van der Waals surface area (Å²) >= 11 is 0. The van der Waals surface area contributed by atoms with E-state index in [0.717, 1.165) is 32.5 Å². The Hall–Kier alpha value is -0.280. The Morgan fingerprint density at radius 3 is 2.58 bits per heavy atom. The van der Waals surface area contributed by atoms with Crippen molar-refractivity contribution in [1.29, 1.82) is 0 Å². The number of halogens is 1. The summed E-state index contributed by atoms with van der Waals surface area (Å²) in [5, 5.41) is 6.52. The molecule has 1 amide bonds. The summed E-state index contributed by atoms with van der Waals surface area (Å²) in [4.78, 5) is 11.9. The average Bonchev–Trinajstić information content (AvgIpc) is 2.41. The molecule has 0 radical (unpaired) electrons. The van der Waals surface area contributed by atoms with E-state index >= 15 is 0 Å². The number of carbonyl (C=O) groups is 1. The molecule has 1 heterocycles. The molecule has 1 aliphatic rings. The minimum atomic E-state index is 0. The number of hydrogen-bond donors (Lipinski definition) is 2. The molecule has 0 aromatic rings. The predicted molar refractivity (Wildman–Crippen MR) is 83.7 cm³/mol. The first kappa shape index (κ1) is 18.7. The van der Waals surface area contributed by atoms with Crippen LogP contribution in [0.25, 0.3) is 0 Å². The van der Waals surface area contributed by atoms with E-state index in [1.807, 2.05) is 0 Å². The molecule has 1 rings (SSSR count). The predicted octanol–water partition coefficient (Wildman–Crippen LogP) is 2.99.